The van der Waals surface area contributed by atoms with Crippen molar-refractivity contribution in [1.82, 2.24) is 5.32 Å². The lowest BCUT2D eigenvalue weighted by molar-refractivity contribution is 0.0933. The number of nitrogens with one attached hydrogen (secondary N) is 1. The normalized spacial score (nSPS) is 11.9. The van der Waals surface area contributed by atoms with Gasteiger partial charge in [-0.2, -0.15) is 0 Å². The molecular weight excluding hydrogens is 266 g/mol. The van der Waals surface area contributed by atoms with E-state index in [1.165, 1.54) is 23.8 Å². The van der Waals surface area contributed by atoms with Crippen molar-refractivity contribution in [3.63, 3.8) is 0 Å². The lowest BCUT2D eigenvalue weighted by Gasteiger charge is -2.15. The number of benzene rings is 2. The first-order chi connectivity index (χ1) is 10.1. The van der Waals surface area contributed by atoms with Crippen molar-refractivity contribution in [3.8, 4) is 11.5 Å². The van der Waals surface area contributed by atoms with E-state index in [0.29, 0.717) is 0 Å². The second-order valence-electron chi connectivity index (χ2n) is 5.07. The fourth-order valence-corrected chi connectivity index (χ4v) is 2.16. The van der Waals surface area contributed by atoms with Gasteiger partial charge in [0.15, 0.2) is 0 Å². The van der Waals surface area contributed by atoms with Gasteiger partial charge < -0.3 is 15.5 Å². The third kappa shape index (κ3) is 3.99. The summed E-state index contributed by atoms with van der Waals surface area (Å²) in [7, 11) is 0. The number of carbonyl (C=O) groups is 1. The van der Waals surface area contributed by atoms with E-state index < -0.39 is 5.91 Å². The van der Waals surface area contributed by atoms with Gasteiger partial charge in [-0.15, -0.1) is 0 Å². The molecule has 0 fully saturated rings. The molecule has 4 heteroatoms. The molecule has 1 amide bonds. The number of aromatic hydroxyl groups is 2. The van der Waals surface area contributed by atoms with E-state index in [9.17, 15) is 15.0 Å². The van der Waals surface area contributed by atoms with Crippen LogP contribution in [0.2, 0.25) is 0 Å². The van der Waals surface area contributed by atoms with Crippen molar-refractivity contribution in [2.45, 2.75) is 25.8 Å². The minimum absolute atomic E-state index is 0.0586. The first-order valence-electron chi connectivity index (χ1n) is 6.93. The predicted octanol–water partition coefficient (Wildman–Crippen LogP) is 2.85. The van der Waals surface area contributed by atoms with E-state index in [0.717, 1.165) is 12.8 Å². The molecule has 0 saturated heterocycles. The van der Waals surface area contributed by atoms with Crippen molar-refractivity contribution >= 4 is 5.91 Å². The van der Waals surface area contributed by atoms with Gasteiger partial charge in [0, 0.05) is 6.04 Å². The smallest absolute Gasteiger partial charge is 0.259 e. The van der Waals surface area contributed by atoms with E-state index in [1.54, 1.807) is 0 Å². The maximum Gasteiger partial charge on any atom is 0.259 e. The Balaban J connectivity index is 1.93. The minimum atomic E-state index is -0.467. The maximum absolute atomic E-state index is 12.1. The topological polar surface area (TPSA) is 69.6 Å². The summed E-state index contributed by atoms with van der Waals surface area (Å²) in [4.78, 5) is 12.1. The Hall–Kier alpha value is -2.49. The molecule has 2 aromatic carbocycles. The van der Waals surface area contributed by atoms with Crippen LogP contribution < -0.4 is 5.32 Å². The summed E-state index contributed by atoms with van der Waals surface area (Å²) in [6.07, 6.45) is 1.64. The Bertz CT molecular complexity index is 590. The number of phenols is 2. The number of hydrogen-bond donors (Lipinski definition) is 3. The second kappa shape index (κ2) is 6.79. The second-order valence-corrected chi connectivity index (χ2v) is 5.07. The van der Waals surface area contributed by atoms with Crippen LogP contribution in [0.5, 0.6) is 11.5 Å². The molecule has 4 nitrogen and oxygen atoms in total. The lowest BCUT2D eigenvalue weighted by Crippen LogP contribution is -2.33. The predicted molar refractivity (Wildman–Crippen MR) is 81.5 cm³/mol. The zero-order chi connectivity index (χ0) is 15.2. The van der Waals surface area contributed by atoms with Crippen LogP contribution in [0.4, 0.5) is 0 Å². The molecule has 1 unspecified atom stereocenters. The van der Waals surface area contributed by atoms with Crippen molar-refractivity contribution in [1.29, 1.82) is 0 Å². The van der Waals surface area contributed by atoms with E-state index in [-0.39, 0.29) is 23.1 Å². The van der Waals surface area contributed by atoms with Crippen LogP contribution in [-0.4, -0.2) is 22.2 Å². The van der Waals surface area contributed by atoms with Crippen molar-refractivity contribution < 1.29 is 15.0 Å². The van der Waals surface area contributed by atoms with E-state index in [1.807, 2.05) is 37.3 Å². The molecule has 3 N–H and O–H groups in total. The molecule has 0 aliphatic rings. The van der Waals surface area contributed by atoms with Gasteiger partial charge in [0.2, 0.25) is 0 Å². The van der Waals surface area contributed by atoms with E-state index in [2.05, 4.69) is 5.32 Å². The summed E-state index contributed by atoms with van der Waals surface area (Å²) >= 11 is 0. The molecule has 0 radical (unpaired) electrons. The van der Waals surface area contributed by atoms with Gasteiger partial charge in [-0.3, -0.25) is 4.79 Å². The van der Waals surface area contributed by atoms with E-state index in [4.69, 9.17) is 0 Å². The Morgan fingerprint density at radius 1 is 1.05 bits per heavy atom. The van der Waals surface area contributed by atoms with Crippen LogP contribution in [0.25, 0.3) is 0 Å². The highest BCUT2D eigenvalue weighted by Crippen LogP contribution is 2.26. The molecule has 2 rings (SSSR count). The van der Waals surface area contributed by atoms with E-state index >= 15 is 0 Å². The summed E-state index contributed by atoms with van der Waals surface area (Å²) in [6, 6.07) is 14.2. The van der Waals surface area contributed by atoms with Gasteiger partial charge in [0.25, 0.3) is 5.91 Å². The van der Waals surface area contributed by atoms with Crippen molar-refractivity contribution in [2.24, 2.45) is 0 Å². The number of aryl methyl sites for hydroxylation is 1. The molecule has 0 bridgehead atoms. The van der Waals surface area contributed by atoms with Crippen molar-refractivity contribution in [3.05, 3.63) is 59.7 Å². The molecule has 0 aliphatic heterocycles. The third-order valence-electron chi connectivity index (χ3n) is 3.33. The zero-order valence-electron chi connectivity index (χ0n) is 11.9. The van der Waals surface area contributed by atoms with Crippen LogP contribution in [0.15, 0.2) is 48.5 Å². The van der Waals surface area contributed by atoms with Gasteiger partial charge in [-0.05, 0) is 37.5 Å². The molecule has 110 valence electrons. The third-order valence-corrected chi connectivity index (χ3v) is 3.33. The average Bonchev–Trinajstić information content (AvgIpc) is 2.46. The molecule has 0 aromatic heterocycles. The summed E-state index contributed by atoms with van der Waals surface area (Å²) in [5.74, 6) is -0.906. The summed E-state index contributed by atoms with van der Waals surface area (Å²) in [5, 5.41) is 22.1. The van der Waals surface area contributed by atoms with Crippen LogP contribution in [0.3, 0.4) is 0 Å². The molecule has 0 saturated carbocycles. The number of rotatable bonds is 5. The summed E-state index contributed by atoms with van der Waals surface area (Å²) in [5.41, 5.74) is 1.13. The molecule has 2 aromatic rings. The lowest BCUT2D eigenvalue weighted by atomic mass is 10.1. The van der Waals surface area contributed by atoms with Crippen LogP contribution in [-0.2, 0) is 6.42 Å². The number of phenolic OH excluding ortho intramolecular Hbond substituents is 2. The quantitative estimate of drug-likeness (QED) is 0.791. The molecule has 1 atom stereocenters. The SMILES string of the molecule is CC(CCc1ccccc1)NC(=O)c1c(O)cccc1O. The van der Waals surface area contributed by atoms with Crippen molar-refractivity contribution in [2.75, 3.05) is 0 Å². The number of amides is 1. The summed E-state index contributed by atoms with van der Waals surface area (Å²) in [6.45, 7) is 1.90. The fourth-order valence-electron chi connectivity index (χ4n) is 2.16. The molecule has 0 spiro atoms. The highest BCUT2D eigenvalue weighted by Gasteiger charge is 2.17. The average molecular weight is 285 g/mol. The Kier molecular flexibility index (Phi) is 4.82. The number of hydrogen-bond acceptors (Lipinski definition) is 3. The number of carbonyl (C=O) groups excluding carboxylic acids is 1. The van der Waals surface area contributed by atoms with Crippen LogP contribution >= 0.6 is 0 Å². The highest BCUT2D eigenvalue weighted by atomic mass is 16.3. The first kappa shape index (κ1) is 14.9. The molecular formula is C17H19NO3. The standard InChI is InChI=1S/C17H19NO3/c1-12(10-11-13-6-3-2-4-7-13)18-17(21)16-14(19)8-5-9-15(16)20/h2-9,12,19-20H,10-11H2,1H3,(H,18,21). The molecule has 0 heterocycles. The Morgan fingerprint density at radius 3 is 2.29 bits per heavy atom. The van der Waals surface area contributed by atoms with Crippen LogP contribution in [0.1, 0.15) is 29.3 Å². The molecule has 21 heavy (non-hydrogen) atoms. The fraction of sp³-hybridized carbons (Fsp3) is 0.235. The summed E-state index contributed by atoms with van der Waals surface area (Å²) < 4.78 is 0. The Morgan fingerprint density at radius 2 is 1.67 bits per heavy atom. The van der Waals surface area contributed by atoms with Crippen LogP contribution in [0, 0.1) is 0 Å². The monoisotopic (exact) mass is 285 g/mol. The first-order valence-corrected chi connectivity index (χ1v) is 6.93. The van der Waals surface area contributed by atoms with Gasteiger partial charge in [0.05, 0.1) is 0 Å². The largest absolute Gasteiger partial charge is 0.507 e. The van der Waals surface area contributed by atoms with Gasteiger partial charge in [-0.1, -0.05) is 36.4 Å². The minimum Gasteiger partial charge on any atom is -0.507 e. The zero-order valence-corrected chi connectivity index (χ0v) is 11.9. The van der Waals surface area contributed by atoms with Gasteiger partial charge in [0.1, 0.15) is 17.1 Å². The maximum atomic E-state index is 12.1. The Labute approximate surface area is 124 Å². The highest BCUT2D eigenvalue weighted by molar-refractivity contribution is 5.99. The molecule has 0 aliphatic carbocycles. The van der Waals surface area contributed by atoms with Gasteiger partial charge >= 0.3 is 0 Å². The van der Waals surface area contributed by atoms with Gasteiger partial charge in [-0.25, -0.2) is 0 Å².